The summed E-state index contributed by atoms with van der Waals surface area (Å²) in [5, 5.41) is 3.56. The maximum absolute atomic E-state index is 5.47. The first-order chi connectivity index (χ1) is 9.31. The fraction of sp³-hybridized carbons (Fsp3) is 0.647. The van der Waals surface area contributed by atoms with E-state index in [1.54, 1.807) is 7.11 Å². The molecule has 2 heteroatoms. The van der Waals surface area contributed by atoms with Crippen molar-refractivity contribution in [2.75, 3.05) is 19.0 Å². The normalized spacial score (nSPS) is 24.6. The van der Waals surface area contributed by atoms with E-state index in [1.165, 1.54) is 43.4 Å². The average molecular weight is 259 g/mol. The van der Waals surface area contributed by atoms with Gasteiger partial charge in [-0.15, -0.1) is 0 Å². The van der Waals surface area contributed by atoms with Crippen LogP contribution in [0.4, 0.5) is 5.69 Å². The number of rotatable bonds is 3. The van der Waals surface area contributed by atoms with E-state index >= 15 is 0 Å². The van der Waals surface area contributed by atoms with Crippen LogP contribution in [-0.4, -0.2) is 13.7 Å². The Balaban J connectivity index is 1.81. The molecular formula is C17H25NO. The van der Waals surface area contributed by atoms with Gasteiger partial charge in [-0.25, -0.2) is 0 Å². The van der Waals surface area contributed by atoms with Gasteiger partial charge in [0, 0.05) is 12.5 Å². The molecule has 2 unspecified atom stereocenters. The highest BCUT2D eigenvalue weighted by Gasteiger charge is 2.33. The fourth-order valence-electron chi connectivity index (χ4n) is 4.00. The van der Waals surface area contributed by atoms with E-state index in [0.717, 1.165) is 24.1 Å². The lowest BCUT2D eigenvalue weighted by atomic mass is 9.73. The Hall–Kier alpha value is -1.18. The van der Waals surface area contributed by atoms with Crippen LogP contribution in [0.2, 0.25) is 0 Å². The molecule has 1 aromatic carbocycles. The van der Waals surface area contributed by atoms with Gasteiger partial charge >= 0.3 is 0 Å². The van der Waals surface area contributed by atoms with Gasteiger partial charge in [0.05, 0.1) is 12.8 Å². The smallest absolute Gasteiger partial charge is 0.142 e. The zero-order valence-corrected chi connectivity index (χ0v) is 12.1. The molecule has 3 rings (SSSR count). The van der Waals surface area contributed by atoms with Crippen molar-refractivity contribution in [2.45, 2.75) is 44.9 Å². The lowest BCUT2D eigenvalue weighted by molar-refractivity contribution is 0.238. The van der Waals surface area contributed by atoms with Crippen LogP contribution in [0.3, 0.4) is 0 Å². The van der Waals surface area contributed by atoms with Crippen molar-refractivity contribution in [3.05, 3.63) is 23.8 Å². The molecule has 0 saturated heterocycles. The molecule has 0 bridgehead atoms. The van der Waals surface area contributed by atoms with Crippen LogP contribution in [0.25, 0.3) is 0 Å². The monoisotopic (exact) mass is 259 g/mol. The second-order valence-electron chi connectivity index (χ2n) is 6.17. The molecule has 1 aliphatic heterocycles. The molecule has 0 radical (unpaired) electrons. The lowest BCUT2D eigenvalue weighted by Crippen LogP contribution is -2.23. The molecule has 1 fully saturated rings. The molecule has 2 atom stereocenters. The number of benzene rings is 1. The zero-order chi connectivity index (χ0) is 13.2. The van der Waals surface area contributed by atoms with Gasteiger partial charge in [0.1, 0.15) is 5.75 Å². The largest absolute Gasteiger partial charge is 0.495 e. The molecule has 0 spiro atoms. The predicted molar refractivity (Wildman–Crippen MR) is 80.0 cm³/mol. The van der Waals surface area contributed by atoms with Gasteiger partial charge in [0.2, 0.25) is 0 Å². The standard InChI is InChI=1S/C17H25NO/c1-12(13-7-4-3-5-8-13)15-11-18-17-14(15)9-6-10-16(17)19-2/h6,9-10,12-13,15,18H,3-5,7-8,11H2,1-2H3. The first-order valence-electron chi connectivity index (χ1n) is 7.72. The van der Waals surface area contributed by atoms with Crippen LogP contribution in [-0.2, 0) is 0 Å². The molecule has 2 nitrogen and oxygen atoms in total. The summed E-state index contributed by atoms with van der Waals surface area (Å²) >= 11 is 0. The van der Waals surface area contributed by atoms with Crippen LogP contribution < -0.4 is 10.1 Å². The van der Waals surface area contributed by atoms with Gasteiger partial charge in [-0.3, -0.25) is 0 Å². The Morgan fingerprint density at radius 2 is 2.00 bits per heavy atom. The van der Waals surface area contributed by atoms with Gasteiger partial charge < -0.3 is 10.1 Å². The summed E-state index contributed by atoms with van der Waals surface area (Å²) in [6.07, 6.45) is 7.16. The summed E-state index contributed by atoms with van der Waals surface area (Å²) in [7, 11) is 1.76. The van der Waals surface area contributed by atoms with Gasteiger partial charge in [0.25, 0.3) is 0 Å². The van der Waals surface area contributed by atoms with Crippen LogP contribution in [0.15, 0.2) is 18.2 Å². The molecule has 0 amide bonds. The Morgan fingerprint density at radius 1 is 1.21 bits per heavy atom. The second kappa shape index (κ2) is 5.44. The average Bonchev–Trinajstić information content (AvgIpc) is 2.91. The van der Waals surface area contributed by atoms with Crippen molar-refractivity contribution < 1.29 is 4.74 Å². The van der Waals surface area contributed by atoms with Crippen molar-refractivity contribution in [1.29, 1.82) is 0 Å². The summed E-state index contributed by atoms with van der Waals surface area (Å²) in [5.41, 5.74) is 2.70. The van der Waals surface area contributed by atoms with Crippen LogP contribution in [0, 0.1) is 11.8 Å². The van der Waals surface area contributed by atoms with Crippen LogP contribution in [0.5, 0.6) is 5.75 Å². The van der Waals surface area contributed by atoms with Crippen molar-refractivity contribution >= 4 is 5.69 Å². The number of hydrogen-bond donors (Lipinski definition) is 1. The van der Waals surface area contributed by atoms with Crippen LogP contribution >= 0.6 is 0 Å². The SMILES string of the molecule is COc1cccc2c1NCC2C(C)C1CCCCC1. The van der Waals surface area contributed by atoms with E-state index in [0.29, 0.717) is 5.92 Å². The van der Waals surface area contributed by atoms with E-state index in [2.05, 4.69) is 30.4 Å². The fourth-order valence-corrected chi connectivity index (χ4v) is 4.00. The third-order valence-corrected chi connectivity index (χ3v) is 5.20. The van der Waals surface area contributed by atoms with E-state index in [-0.39, 0.29) is 0 Å². The summed E-state index contributed by atoms with van der Waals surface area (Å²) in [6, 6.07) is 6.46. The quantitative estimate of drug-likeness (QED) is 0.867. The van der Waals surface area contributed by atoms with E-state index in [9.17, 15) is 0 Å². The number of methoxy groups -OCH3 is 1. The Morgan fingerprint density at radius 3 is 2.74 bits per heavy atom. The van der Waals surface area contributed by atoms with E-state index in [1.807, 2.05) is 0 Å². The Labute approximate surface area is 116 Å². The molecule has 0 aromatic heterocycles. The third kappa shape index (κ3) is 2.33. The van der Waals surface area contributed by atoms with Crippen molar-refractivity contribution in [2.24, 2.45) is 11.8 Å². The highest BCUT2D eigenvalue weighted by Crippen LogP contribution is 2.45. The first kappa shape index (κ1) is 12.8. The highest BCUT2D eigenvalue weighted by molar-refractivity contribution is 5.66. The minimum absolute atomic E-state index is 0.660. The number of fused-ring (bicyclic) bond motifs is 1. The predicted octanol–water partition coefficient (Wildman–Crippen LogP) is 4.42. The molecule has 1 aromatic rings. The maximum Gasteiger partial charge on any atom is 0.142 e. The maximum atomic E-state index is 5.47. The zero-order valence-electron chi connectivity index (χ0n) is 12.1. The topological polar surface area (TPSA) is 21.3 Å². The molecule has 1 saturated carbocycles. The minimum atomic E-state index is 0.660. The summed E-state index contributed by atoms with van der Waals surface area (Å²) in [6.45, 7) is 3.53. The number of anilines is 1. The summed E-state index contributed by atoms with van der Waals surface area (Å²) in [5.74, 6) is 3.35. The van der Waals surface area contributed by atoms with Crippen molar-refractivity contribution in [3.63, 3.8) is 0 Å². The number of ether oxygens (including phenoxy) is 1. The Kier molecular flexibility index (Phi) is 3.67. The van der Waals surface area contributed by atoms with E-state index < -0.39 is 0 Å². The number of para-hydroxylation sites is 1. The minimum Gasteiger partial charge on any atom is -0.495 e. The van der Waals surface area contributed by atoms with Crippen LogP contribution in [0.1, 0.15) is 50.5 Å². The summed E-state index contributed by atoms with van der Waals surface area (Å²) in [4.78, 5) is 0. The molecule has 19 heavy (non-hydrogen) atoms. The Bertz CT molecular complexity index is 437. The van der Waals surface area contributed by atoms with Gasteiger partial charge in [-0.2, -0.15) is 0 Å². The van der Waals surface area contributed by atoms with Gasteiger partial charge in [-0.1, -0.05) is 51.2 Å². The highest BCUT2D eigenvalue weighted by atomic mass is 16.5. The lowest BCUT2D eigenvalue weighted by Gasteiger charge is -2.31. The third-order valence-electron chi connectivity index (χ3n) is 5.20. The molecule has 2 aliphatic rings. The molecule has 1 heterocycles. The van der Waals surface area contributed by atoms with Crippen molar-refractivity contribution in [3.8, 4) is 5.75 Å². The number of hydrogen-bond acceptors (Lipinski definition) is 2. The molecule has 104 valence electrons. The van der Waals surface area contributed by atoms with Gasteiger partial charge in [-0.05, 0) is 23.5 Å². The molecular weight excluding hydrogens is 234 g/mol. The first-order valence-corrected chi connectivity index (χ1v) is 7.72. The number of nitrogens with one attached hydrogen (secondary N) is 1. The van der Waals surface area contributed by atoms with Gasteiger partial charge in [0.15, 0.2) is 0 Å². The van der Waals surface area contributed by atoms with Crippen molar-refractivity contribution in [1.82, 2.24) is 0 Å². The van der Waals surface area contributed by atoms with E-state index in [4.69, 9.17) is 4.74 Å². The molecule has 1 aliphatic carbocycles. The summed E-state index contributed by atoms with van der Waals surface area (Å²) < 4.78 is 5.47. The second-order valence-corrected chi connectivity index (χ2v) is 6.17. The molecule has 1 N–H and O–H groups in total.